The van der Waals surface area contributed by atoms with Gasteiger partial charge in [0.05, 0.1) is 16.4 Å². The van der Waals surface area contributed by atoms with Gasteiger partial charge in [-0.2, -0.15) is 0 Å². The third-order valence-corrected chi connectivity index (χ3v) is 12.6. The summed E-state index contributed by atoms with van der Waals surface area (Å²) in [6.45, 7) is 7.43. The molecule has 1 atom stereocenters. The predicted octanol–water partition coefficient (Wildman–Crippen LogP) is 9.41. The van der Waals surface area contributed by atoms with Crippen molar-refractivity contribution in [1.29, 1.82) is 0 Å². The van der Waals surface area contributed by atoms with Crippen LogP contribution in [0.4, 0.5) is 11.4 Å². The van der Waals surface area contributed by atoms with Gasteiger partial charge in [0, 0.05) is 42.4 Å². The van der Waals surface area contributed by atoms with E-state index in [1.807, 2.05) is 16.4 Å². The molecule has 2 fully saturated rings. The van der Waals surface area contributed by atoms with Gasteiger partial charge in [-0.05, 0) is 104 Å². The Morgan fingerprint density at radius 3 is 2.55 bits per heavy atom. The Labute approximate surface area is 325 Å². The van der Waals surface area contributed by atoms with Gasteiger partial charge in [-0.3, -0.25) is 14.4 Å². The van der Waals surface area contributed by atoms with Gasteiger partial charge in [0.2, 0.25) is 11.8 Å². The number of piperidine rings is 1. The molecule has 1 aromatic carbocycles. The van der Waals surface area contributed by atoms with Crippen LogP contribution in [0.3, 0.4) is 0 Å². The average Bonchev–Trinajstić information content (AvgIpc) is 3.54. The summed E-state index contributed by atoms with van der Waals surface area (Å²) < 4.78 is 0. The zero-order valence-corrected chi connectivity index (χ0v) is 33.0. The topological polar surface area (TPSA) is 105 Å². The molecule has 0 radical (unpaired) electrons. The number of nitrogens with one attached hydrogen (secondary N) is 2. The van der Waals surface area contributed by atoms with Gasteiger partial charge in [-0.1, -0.05) is 80.4 Å². The number of thiophene rings is 1. The number of anilines is 2. The Balaban J connectivity index is 1.12. The fraction of sp³-hybridized carbons (Fsp3) is 0.523. The molecule has 284 valence electrons. The smallest absolute Gasteiger partial charge is 0.251 e. The summed E-state index contributed by atoms with van der Waals surface area (Å²) >= 11 is 8.05. The fourth-order valence-electron chi connectivity index (χ4n) is 8.26. The number of fused-ring (bicyclic) bond motifs is 1. The lowest BCUT2D eigenvalue weighted by Gasteiger charge is -2.35. The van der Waals surface area contributed by atoms with E-state index in [4.69, 9.17) is 23.8 Å². The van der Waals surface area contributed by atoms with Crippen LogP contribution in [0.5, 0.6) is 0 Å². The van der Waals surface area contributed by atoms with Crippen LogP contribution in [0, 0.1) is 30.1 Å². The van der Waals surface area contributed by atoms with Crippen LogP contribution >= 0.6 is 22.9 Å². The molecule has 3 amide bonds. The minimum atomic E-state index is -0.718. The highest BCUT2D eigenvalue weighted by molar-refractivity contribution is 7.08. The van der Waals surface area contributed by atoms with Crippen molar-refractivity contribution in [2.24, 2.45) is 17.8 Å². The molecule has 0 spiro atoms. The SMILES string of the molecule is C#Cc1cc(C[C@@H](NC(=O)CCC2CCC(CCC3=CCc4cscc4NC3=O)CC2)C(=O)N2CCC(C/C(=C/CC=C)CCC)CC2)cc(Cl)c1N. The summed E-state index contributed by atoms with van der Waals surface area (Å²) in [6, 6.07) is 2.82. The third-order valence-electron chi connectivity index (χ3n) is 11.5. The molecule has 9 heteroatoms. The summed E-state index contributed by atoms with van der Waals surface area (Å²) in [5, 5.41) is 10.7. The van der Waals surface area contributed by atoms with Crippen LogP contribution in [0.2, 0.25) is 5.02 Å². The highest BCUT2D eigenvalue weighted by atomic mass is 35.5. The number of hydrogen-bond acceptors (Lipinski definition) is 5. The third kappa shape index (κ3) is 11.6. The van der Waals surface area contributed by atoms with Crippen molar-refractivity contribution in [1.82, 2.24) is 10.2 Å². The van der Waals surface area contributed by atoms with Crippen molar-refractivity contribution in [2.45, 2.75) is 116 Å². The highest BCUT2D eigenvalue weighted by Crippen LogP contribution is 2.36. The van der Waals surface area contributed by atoms with Gasteiger partial charge >= 0.3 is 0 Å². The van der Waals surface area contributed by atoms with Crippen molar-refractivity contribution < 1.29 is 14.4 Å². The van der Waals surface area contributed by atoms with Crippen molar-refractivity contribution >= 4 is 52.0 Å². The molecule has 5 rings (SSSR count). The fourth-order valence-corrected chi connectivity index (χ4v) is 9.30. The number of nitrogens with zero attached hydrogens (tertiary/aromatic N) is 1. The number of allylic oxidation sites excluding steroid dienone is 4. The number of terminal acetylenes is 1. The second-order valence-electron chi connectivity index (χ2n) is 15.3. The number of nitrogen functional groups attached to an aromatic ring is 1. The first-order valence-electron chi connectivity index (χ1n) is 19.6. The van der Waals surface area contributed by atoms with E-state index < -0.39 is 6.04 Å². The normalized spacial score (nSPS) is 20.0. The van der Waals surface area contributed by atoms with Crippen molar-refractivity contribution in [3.05, 3.63) is 80.6 Å². The number of carbonyl (C=O) groups is 3. The Hall–Kier alpha value is -3.80. The first kappa shape index (κ1) is 40.4. The standard InChI is InChI=1S/C44H57ClN4O3S/c1-4-7-9-32(8-5-2)24-33-20-22-49(23-21-33)44(52)39(27-34-25-35(6-3)42(46)38(45)26-34)47-41(50)19-15-31-12-10-30(11-13-31)14-16-36-17-18-37-28-53-29-40(37)48-43(36)51/h3-4,9,17,25-26,28-31,33,39H,1,5,7-8,10-16,18-24,27,46H2,2H3,(H,47,50)(H,48,51)/b32-9+/t30?,31?,39-/m1/s1. The molecule has 1 aliphatic carbocycles. The summed E-state index contributed by atoms with van der Waals surface area (Å²) in [5.41, 5.74) is 12.2. The molecular weight excluding hydrogens is 700 g/mol. The first-order chi connectivity index (χ1) is 25.7. The number of nitrogens with two attached hydrogens (primary N) is 1. The number of amides is 3. The Morgan fingerprint density at radius 2 is 1.85 bits per heavy atom. The maximum absolute atomic E-state index is 14.1. The quantitative estimate of drug-likeness (QED) is 0.0902. The van der Waals surface area contributed by atoms with Crippen LogP contribution in [0.1, 0.15) is 114 Å². The van der Waals surface area contributed by atoms with E-state index in [1.165, 1.54) is 11.1 Å². The Morgan fingerprint density at radius 1 is 1.11 bits per heavy atom. The van der Waals surface area contributed by atoms with Crippen molar-refractivity contribution in [2.75, 3.05) is 24.1 Å². The van der Waals surface area contributed by atoms with Gasteiger partial charge < -0.3 is 21.3 Å². The molecular formula is C44H57ClN4O3S. The van der Waals surface area contributed by atoms with Gasteiger partial charge in [0.25, 0.3) is 5.91 Å². The Kier molecular flexibility index (Phi) is 15.3. The minimum Gasteiger partial charge on any atom is -0.397 e. The first-order valence-corrected chi connectivity index (χ1v) is 21.0. The van der Waals surface area contributed by atoms with Crippen molar-refractivity contribution in [3.63, 3.8) is 0 Å². The number of benzene rings is 1. The van der Waals surface area contributed by atoms with Crippen LogP contribution in [0.15, 0.2) is 58.8 Å². The number of hydrogen-bond donors (Lipinski definition) is 3. The molecule has 0 bridgehead atoms. The van der Waals surface area contributed by atoms with E-state index >= 15 is 0 Å². The molecule has 7 nitrogen and oxygen atoms in total. The Bertz CT molecular complexity index is 1700. The van der Waals surface area contributed by atoms with Crippen molar-refractivity contribution in [3.8, 4) is 12.3 Å². The maximum atomic E-state index is 14.1. The highest BCUT2D eigenvalue weighted by Gasteiger charge is 2.31. The lowest BCUT2D eigenvalue weighted by molar-refractivity contribution is -0.137. The number of carbonyl (C=O) groups excluding carboxylic acids is 3. The zero-order valence-electron chi connectivity index (χ0n) is 31.4. The number of likely N-dealkylation sites (tertiary alicyclic amines) is 1. The van der Waals surface area contributed by atoms with Crippen LogP contribution in [0.25, 0.3) is 0 Å². The van der Waals surface area contributed by atoms with E-state index in [1.54, 1.807) is 23.5 Å². The summed E-state index contributed by atoms with van der Waals surface area (Å²) in [4.78, 5) is 42.2. The molecule has 1 saturated heterocycles. The second-order valence-corrected chi connectivity index (χ2v) is 16.4. The van der Waals surface area contributed by atoms with Gasteiger partial charge in [-0.15, -0.1) is 24.3 Å². The average molecular weight is 757 g/mol. The monoisotopic (exact) mass is 756 g/mol. The minimum absolute atomic E-state index is 0.0347. The molecule has 4 N–H and O–H groups in total. The van der Waals surface area contributed by atoms with E-state index in [9.17, 15) is 14.4 Å². The summed E-state index contributed by atoms with van der Waals surface area (Å²) in [7, 11) is 0. The van der Waals surface area contributed by atoms with Crippen LogP contribution in [-0.4, -0.2) is 41.8 Å². The molecule has 1 saturated carbocycles. The van der Waals surface area contributed by atoms with Crippen LogP contribution < -0.4 is 16.4 Å². The molecule has 3 aliphatic rings. The van der Waals surface area contributed by atoms with Gasteiger partial charge in [0.15, 0.2) is 0 Å². The van der Waals surface area contributed by atoms with Gasteiger partial charge in [0.1, 0.15) is 6.04 Å². The lowest BCUT2D eigenvalue weighted by Crippen LogP contribution is -2.51. The lowest BCUT2D eigenvalue weighted by atomic mass is 9.78. The largest absolute Gasteiger partial charge is 0.397 e. The number of rotatable bonds is 16. The summed E-state index contributed by atoms with van der Waals surface area (Å²) in [5.74, 6) is 4.09. The number of halogens is 1. The maximum Gasteiger partial charge on any atom is 0.251 e. The second kappa shape index (κ2) is 20.0. The molecule has 53 heavy (non-hydrogen) atoms. The molecule has 2 aromatic rings. The summed E-state index contributed by atoms with van der Waals surface area (Å²) in [6.07, 6.45) is 26.6. The predicted molar refractivity (Wildman–Crippen MR) is 220 cm³/mol. The van der Waals surface area contributed by atoms with Crippen LogP contribution in [-0.2, 0) is 27.2 Å². The van der Waals surface area contributed by atoms with E-state index in [0.717, 1.165) is 107 Å². The van der Waals surface area contributed by atoms with E-state index in [0.29, 0.717) is 53.5 Å². The molecule has 3 heterocycles. The zero-order chi connectivity index (χ0) is 37.7. The molecule has 2 aliphatic heterocycles. The van der Waals surface area contributed by atoms with E-state index in [-0.39, 0.29) is 24.1 Å². The van der Waals surface area contributed by atoms with E-state index in [2.05, 4.69) is 47.6 Å². The molecule has 0 unspecified atom stereocenters. The van der Waals surface area contributed by atoms with Gasteiger partial charge in [-0.25, -0.2) is 0 Å². The molecule has 1 aromatic heterocycles.